The van der Waals surface area contributed by atoms with Gasteiger partial charge in [-0.05, 0) is 42.5 Å². The lowest BCUT2D eigenvalue weighted by Gasteiger charge is -2.03. The number of anilines is 1. The molecule has 0 radical (unpaired) electrons. The first-order chi connectivity index (χ1) is 12.1. The van der Waals surface area contributed by atoms with Crippen LogP contribution in [-0.2, 0) is 0 Å². The zero-order chi connectivity index (χ0) is 17.4. The number of aromatic nitrogens is 3. The van der Waals surface area contributed by atoms with Crippen LogP contribution in [0.2, 0.25) is 0 Å². The SMILES string of the molecule is Cc1nc2ccc(NC(=O)c3ccn(-c4ccc(F)cc4)n3)cc2o1. The van der Waals surface area contributed by atoms with Crippen LogP contribution in [0.5, 0.6) is 0 Å². The summed E-state index contributed by atoms with van der Waals surface area (Å²) in [6.45, 7) is 1.76. The van der Waals surface area contributed by atoms with Crippen LogP contribution in [0, 0.1) is 12.7 Å². The average Bonchev–Trinajstić information content (AvgIpc) is 3.21. The number of carbonyl (C=O) groups is 1. The topological polar surface area (TPSA) is 73.0 Å². The van der Waals surface area contributed by atoms with Gasteiger partial charge in [0, 0.05) is 24.9 Å². The molecule has 0 aliphatic heterocycles. The predicted octanol–water partition coefficient (Wildman–Crippen LogP) is 3.71. The predicted molar refractivity (Wildman–Crippen MR) is 90.2 cm³/mol. The lowest BCUT2D eigenvalue weighted by atomic mass is 10.3. The summed E-state index contributed by atoms with van der Waals surface area (Å²) >= 11 is 0. The highest BCUT2D eigenvalue weighted by molar-refractivity contribution is 6.03. The van der Waals surface area contributed by atoms with Gasteiger partial charge in [0.2, 0.25) is 0 Å². The minimum Gasteiger partial charge on any atom is -0.441 e. The Morgan fingerprint density at radius 1 is 1.16 bits per heavy atom. The van der Waals surface area contributed by atoms with Crippen molar-refractivity contribution in [3.8, 4) is 5.69 Å². The second-order valence-electron chi connectivity index (χ2n) is 5.49. The van der Waals surface area contributed by atoms with Gasteiger partial charge in [-0.15, -0.1) is 0 Å². The maximum absolute atomic E-state index is 13.0. The smallest absolute Gasteiger partial charge is 0.276 e. The van der Waals surface area contributed by atoms with E-state index in [1.165, 1.54) is 16.8 Å². The van der Waals surface area contributed by atoms with Gasteiger partial charge in [0.1, 0.15) is 11.3 Å². The van der Waals surface area contributed by atoms with E-state index >= 15 is 0 Å². The van der Waals surface area contributed by atoms with Crippen molar-refractivity contribution in [2.45, 2.75) is 6.92 Å². The standard InChI is InChI=1S/C18H13FN4O2/c1-11-20-15-7-4-13(10-17(15)25-11)21-18(24)16-8-9-23(22-16)14-5-2-12(19)3-6-14/h2-10H,1H3,(H,21,24). The van der Waals surface area contributed by atoms with E-state index in [2.05, 4.69) is 15.4 Å². The summed E-state index contributed by atoms with van der Waals surface area (Å²) in [5.41, 5.74) is 2.84. The number of carbonyl (C=O) groups excluding carboxylic acids is 1. The first-order valence-corrected chi connectivity index (χ1v) is 7.59. The molecule has 0 fully saturated rings. The average molecular weight is 336 g/mol. The normalized spacial score (nSPS) is 11.0. The molecule has 0 saturated heterocycles. The van der Waals surface area contributed by atoms with Crippen LogP contribution in [0.3, 0.4) is 0 Å². The molecule has 0 spiro atoms. The van der Waals surface area contributed by atoms with E-state index in [1.54, 1.807) is 49.5 Å². The van der Waals surface area contributed by atoms with Crippen LogP contribution in [0.4, 0.5) is 10.1 Å². The van der Waals surface area contributed by atoms with Gasteiger partial charge < -0.3 is 9.73 Å². The summed E-state index contributed by atoms with van der Waals surface area (Å²) in [6.07, 6.45) is 1.64. The third kappa shape index (κ3) is 2.99. The molecule has 4 aromatic rings. The van der Waals surface area contributed by atoms with E-state index < -0.39 is 0 Å². The first kappa shape index (κ1) is 15.1. The summed E-state index contributed by atoms with van der Waals surface area (Å²) in [6, 6.07) is 12.7. The van der Waals surface area contributed by atoms with Crippen LogP contribution in [0.25, 0.3) is 16.8 Å². The first-order valence-electron chi connectivity index (χ1n) is 7.59. The van der Waals surface area contributed by atoms with Crippen molar-refractivity contribution in [1.82, 2.24) is 14.8 Å². The van der Waals surface area contributed by atoms with E-state index in [0.717, 1.165) is 5.52 Å². The quantitative estimate of drug-likeness (QED) is 0.619. The molecule has 2 aromatic heterocycles. The Hall–Kier alpha value is -3.48. The number of rotatable bonds is 3. The maximum Gasteiger partial charge on any atom is 0.276 e. The highest BCUT2D eigenvalue weighted by atomic mass is 19.1. The van der Waals surface area contributed by atoms with E-state index in [1.807, 2.05) is 0 Å². The van der Waals surface area contributed by atoms with E-state index in [-0.39, 0.29) is 17.4 Å². The minimum absolute atomic E-state index is 0.248. The molecule has 1 N–H and O–H groups in total. The number of amides is 1. The molecule has 25 heavy (non-hydrogen) atoms. The lowest BCUT2D eigenvalue weighted by molar-refractivity contribution is 0.102. The van der Waals surface area contributed by atoms with Gasteiger partial charge >= 0.3 is 0 Å². The second kappa shape index (κ2) is 5.86. The number of halogens is 1. The second-order valence-corrected chi connectivity index (χ2v) is 5.49. The molecule has 2 heterocycles. The fraction of sp³-hybridized carbons (Fsp3) is 0.0556. The number of hydrogen-bond acceptors (Lipinski definition) is 4. The highest BCUT2D eigenvalue weighted by Gasteiger charge is 2.12. The molecular weight excluding hydrogens is 323 g/mol. The number of oxazole rings is 1. The summed E-state index contributed by atoms with van der Waals surface area (Å²) in [5.74, 6) is -0.111. The number of aryl methyl sites for hydroxylation is 1. The molecule has 7 heteroatoms. The lowest BCUT2D eigenvalue weighted by Crippen LogP contribution is -2.13. The van der Waals surface area contributed by atoms with Gasteiger partial charge in [-0.1, -0.05) is 0 Å². The number of nitrogens with zero attached hydrogens (tertiary/aromatic N) is 3. The monoisotopic (exact) mass is 336 g/mol. The van der Waals surface area contributed by atoms with Gasteiger partial charge in [0.15, 0.2) is 17.2 Å². The summed E-state index contributed by atoms with van der Waals surface area (Å²) < 4.78 is 20.0. The van der Waals surface area contributed by atoms with Crippen molar-refractivity contribution >= 4 is 22.7 Å². The Labute approximate surface area is 141 Å². The van der Waals surface area contributed by atoms with Crippen molar-refractivity contribution in [3.05, 3.63) is 72.1 Å². The minimum atomic E-state index is -0.351. The molecule has 4 rings (SSSR count). The van der Waals surface area contributed by atoms with Crippen LogP contribution >= 0.6 is 0 Å². The Kier molecular flexibility index (Phi) is 3.53. The third-order valence-corrected chi connectivity index (χ3v) is 3.67. The summed E-state index contributed by atoms with van der Waals surface area (Å²) in [4.78, 5) is 16.6. The molecule has 1 amide bonds. The maximum atomic E-state index is 13.0. The molecule has 124 valence electrons. The van der Waals surface area contributed by atoms with Gasteiger partial charge in [0.25, 0.3) is 5.91 Å². The number of hydrogen-bond donors (Lipinski definition) is 1. The van der Waals surface area contributed by atoms with E-state index in [0.29, 0.717) is 22.8 Å². The van der Waals surface area contributed by atoms with Crippen molar-refractivity contribution in [2.75, 3.05) is 5.32 Å². The van der Waals surface area contributed by atoms with Gasteiger partial charge in [0.05, 0.1) is 5.69 Å². The van der Waals surface area contributed by atoms with Crippen molar-refractivity contribution in [1.29, 1.82) is 0 Å². The molecule has 0 bridgehead atoms. The van der Waals surface area contributed by atoms with Gasteiger partial charge in [-0.2, -0.15) is 5.10 Å². The van der Waals surface area contributed by atoms with Gasteiger partial charge in [-0.25, -0.2) is 14.1 Å². The van der Waals surface area contributed by atoms with Gasteiger partial charge in [-0.3, -0.25) is 4.79 Å². The Morgan fingerprint density at radius 2 is 1.96 bits per heavy atom. The Balaban J connectivity index is 1.55. The largest absolute Gasteiger partial charge is 0.441 e. The number of benzene rings is 2. The molecule has 0 atom stereocenters. The molecule has 0 unspecified atom stereocenters. The highest BCUT2D eigenvalue weighted by Crippen LogP contribution is 2.20. The molecular formula is C18H13FN4O2. The zero-order valence-corrected chi connectivity index (χ0v) is 13.2. The Morgan fingerprint density at radius 3 is 2.76 bits per heavy atom. The fourth-order valence-corrected chi connectivity index (χ4v) is 2.50. The van der Waals surface area contributed by atoms with E-state index in [4.69, 9.17) is 4.42 Å². The van der Waals surface area contributed by atoms with Crippen LogP contribution in [0.1, 0.15) is 16.4 Å². The van der Waals surface area contributed by atoms with Crippen LogP contribution < -0.4 is 5.32 Å². The molecule has 6 nitrogen and oxygen atoms in total. The molecule has 0 saturated carbocycles. The summed E-state index contributed by atoms with van der Waals surface area (Å²) in [5, 5.41) is 6.99. The molecule has 2 aromatic carbocycles. The van der Waals surface area contributed by atoms with Crippen molar-refractivity contribution in [3.63, 3.8) is 0 Å². The molecule has 0 aliphatic rings. The van der Waals surface area contributed by atoms with Crippen LogP contribution in [0.15, 0.2) is 59.1 Å². The van der Waals surface area contributed by atoms with Crippen molar-refractivity contribution < 1.29 is 13.6 Å². The van der Waals surface area contributed by atoms with Crippen LogP contribution in [-0.4, -0.2) is 20.7 Å². The zero-order valence-electron chi connectivity index (χ0n) is 13.2. The molecule has 0 aliphatic carbocycles. The van der Waals surface area contributed by atoms with E-state index in [9.17, 15) is 9.18 Å². The van der Waals surface area contributed by atoms with Crippen molar-refractivity contribution in [2.24, 2.45) is 0 Å². The fourth-order valence-electron chi connectivity index (χ4n) is 2.50. The third-order valence-electron chi connectivity index (χ3n) is 3.67. The summed E-state index contributed by atoms with van der Waals surface area (Å²) in [7, 11) is 0. The Bertz CT molecular complexity index is 1070. The number of fused-ring (bicyclic) bond motifs is 1. The number of nitrogens with one attached hydrogen (secondary N) is 1.